The maximum absolute atomic E-state index is 8.20. The van der Waals surface area contributed by atoms with Crippen LogP contribution in [0.1, 0.15) is 5.69 Å². The molecule has 0 fully saturated rings. The molecular formula is C7H8N4. The van der Waals surface area contributed by atoms with Gasteiger partial charge >= 0.3 is 0 Å². The normalized spacial score (nSPS) is 9.00. The van der Waals surface area contributed by atoms with Crippen molar-refractivity contribution >= 4 is 0 Å². The van der Waals surface area contributed by atoms with Gasteiger partial charge in [-0.2, -0.15) is 5.26 Å². The van der Waals surface area contributed by atoms with Crippen LogP contribution >= 0.6 is 0 Å². The Morgan fingerprint density at radius 3 is 3.18 bits per heavy atom. The standard InChI is InChI=1S/C7H8N4/c8-2-4-9-5-7-1-3-10-6-11-7/h1,3,6,9H,4-5H2. The summed E-state index contributed by atoms with van der Waals surface area (Å²) in [5, 5.41) is 11.1. The summed E-state index contributed by atoms with van der Waals surface area (Å²) in [6.45, 7) is 0.972. The molecule has 4 nitrogen and oxygen atoms in total. The van der Waals surface area contributed by atoms with Crippen LogP contribution < -0.4 is 5.32 Å². The Morgan fingerprint density at radius 2 is 2.55 bits per heavy atom. The first-order chi connectivity index (χ1) is 5.43. The van der Waals surface area contributed by atoms with Crippen molar-refractivity contribution in [3.63, 3.8) is 0 Å². The molecule has 0 bridgehead atoms. The molecule has 1 N–H and O–H groups in total. The number of nitriles is 1. The molecule has 0 aliphatic carbocycles. The number of rotatable bonds is 3. The molecule has 4 heteroatoms. The van der Waals surface area contributed by atoms with Gasteiger partial charge in [-0.25, -0.2) is 9.97 Å². The molecule has 1 aromatic rings. The van der Waals surface area contributed by atoms with Crippen molar-refractivity contribution < 1.29 is 0 Å². The lowest BCUT2D eigenvalue weighted by Crippen LogP contribution is -2.13. The molecule has 0 aliphatic rings. The zero-order chi connectivity index (χ0) is 7.94. The summed E-state index contributed by atoms with van der Waals surface area (Å²) in [7, 11) is 0. The average molecular weight is 148 g/mol. The second-order valence-electron chi connectivity index (χ2n) is 1.96. The highest BCUT2D eigenvalue weighted by Gasteiger charge is 1.89. The van der Waals surface area contributed by atoms with Crippen LogP contribution in [0.4, 0.5) is 0 Å². The summed E-state index contributed by atoms with van der Waals surface area (Å²) >= 11 is 0. The smallest absolute Gasteiger partial charge is 0.115 e. The number of nitrogens with zero attached hydrogens (tertiary/aromatic N) is 3. The van der Waals surface area contributed by atoms with Crippen molar-refractivity contribution in [2.45, 2.75) is 6.54 Å². The van der Waals surface area contributed by atoms with E-state index in [9.17, 15) is 0 Å². The summed E-state index contributed by atoms with van der Waals surface area (Å²) in [5.41, 5.74) is 0.898. The first-order valence-electron chi connectivity index (χ1n) is 3.26. The lowest BCUT2D eigenvalue weighted by molar-refractivity contribution is 0.742. The largest absolute Gasteiger partial charge is 0.299 e. The van der Waals surface area contributed by atoms with Gasteiger partial charge in [-0.3, -0.25) is 5.32 Å². The maximum atomic E-state index is 8.20. The lowest BCUT2D eigenvalue weighted by Gasteiger charge is -1.96. The van der Waals surface area contributed by atoms with Crippen molar-refractivity contribution in [1.29, 1.82) is 5.26 Å². The van der Waals surface area contributed by atoms with Gasteiger partial charge in [0.15, 0.2) is 0 Å². The summed E-state index contributed by atoms with van der Waals surface area (Å²) in [4.78, 5) is 7.74. The SMILES string of the molecule is N#CCNCc1ccncn1. The molecule has 56 valence electrons. The molecule has 0 saturated heterocycles. The van der Waals surface area contributed by atoms with E-state index in [0.29, 0.717) is 13.1 Å². The Labute approximate surface area is 64.9 Å². The van der Waals surface area contributed by atoms with Gasteiger partial charge in [0.25, 0.3) is 0 Å². The Morgan fingerprint density at radius 1 is 1.64 bits per heavy atom. The molecule has 11 heavy (non-hydrogen) atoms. The highest BCUT2D eigenvalue weighted by molar-refractivity contribution is 4.97. The summed E-state index contributed by atoms with van der Waals surface area (Å²) in [5.74, 6) is 0. The van der Waals surface area contributed by atoms with Crippen molar-refractivity contribution in [2.75, 3.05) is 6.54 Å². The highest BCUT2D eigenvalue weighted by Crippen LogP contribution is 1.87. The molecule has 0 spiro atoms. The summed E-state index contributed by atoms with van der Waals surface area (Å²) in [6, 6.07) is 3.79. The Hall–Kier alpha value is -1.47. The van der Waals surface area contributed by atoms with E-state index in [2.05, 4.69) is 15.3 Å². The molecule has 0 aromatic carbocycles. The third-order valence-electron chi connectivity index (χ3n) is 1.15. The number of hydrogen-bond donors (Lipinski definition) is 1. The maximum Gasteiger partial charge on any atom is 0.115 e. The highest BCUT2D eigenvalue weighted by atomic mass is 14.9. The van der Waals surface area contributed by atoms with Crippen LogP contribution in [0.3, 0.4) is 0 Å². The zero-order valence-corrected chi connectivity index (χ0v) is 5.99. The van der Waals surface area contributed by atoms with Crippen LogP contribution in [-0.4, -0.2) is 16.5 Å². The fourth-order valence-electron chi connectivity index (χ4n) is 0.669. The number of nitrogens with one attached hydrogen (secondary N) is 1. The molecule has 0 unspecified atom stereocenters. The van der Waals surface area contributed by atoms with Crippen LogP contribution in [0, 0.1) is 11.3 Å². The van der Waals surface area contributed by atoms with E-state index in [1.54, 1.807) is 6.20 Å². The number of aromatic nitrogens is 2. The van der Waals surface area contributed by atoms with Gasteiger partial charge in [0.1, 0.15) is 6.33 Å². The lowest BCUT2D eigenvalue weighted by atomic mass is 10.4. The third kappa shape index (κ3) is 2.74. The van der Waals surface area contributed by atoms with Crippen LogP contribution in [-0.2, 0) is 6.54 Å². The van der Waals surface area contributed by atoms with Gasteiger partial charge in [0.05, 0.1) is 18.3 Å². The molecular weight excluding hydrogens is 140 g/mol. The van der Waals surface area contributed by atoms with Crippen LogP contribution in [0.2, 0.25) is 0 Å². The second kappa shape index (κ2) is 4.36. The predicted molar refractivity (Wildman–Crippen MR) is 39.4 cm³/mol. The minimum atomic E-state index is 0.351. The van der Waals surface area contributed by atoms with Crippen molar-refractivity contribution in [3.05, 3.63) is 24.3 Å². The predicted octanol–water partition coefficient (Wildman–Crippen LogP) is 0.0898. The van der Waals surface area contributed by atoms with Gasteiger partial charge in [-0.05, 0) is 6.07 Å². The first-order valence-corrected chi connectivity index (χ1v) is 3.26. The molecule has 0 radical (unpaired) electrons. The quantitative estimate of drug-likeness (QED) is 0.487. The van der Waals surface area contributed by atoms with Gasteiger partial charge in [-0.15, -0.1) is 0 Å². The Kier molecular flexibility index (Phi) is 3.03. The van der Waals surface area contributed by atoms with E-state index in [1.165, 1.54) is 6.33 Å². The van der Waals surface area contributed by atoms with E-state index in [4.69, 9.17) is 5.26 Å². The third-order valence-corrected chi connectivity index (χ3v) is 1.15. The number of hydrogen-bond acceptors (Lipinski definition) is 4. The van der Waals surface area contributed by atoms with E-state index < -0.39 is 0 Å². The Bertz CT molecular complexity index is 238. The molecule has 0 amide bonds. The monoisotopic (exact) mass is 148 g/mol. The molecule has 1 heterocycles. The zero-order valence-electron chi connectivity index (χ0n) is 5.99. The Balaban J connectivity index is 2.35. The summed E-state index contributed by atoms with van der Waals surface area (Å²) in [6.07, 6.45) is 3.17. The van der Waals surface area contributed by atoms with E-state index in [-0.39, 0.29) is 0 Å². The molecule has 0 saturated carbocycles. The van der Waals surface area contributed by atoms with Crippen molar-refractivity contribution in [3.8, 4) is 6.07 Å². The van der Waals surface area contributed by atoms with Gasteiger partial charge in [-0.1, -0.05) is 0 Å². The van der Waals surface area contributed by atoms with Crippen molar-refractivity contribution in [1.82, 2.24) is 15.3 Å². The molecule has 0 atom stereocenters. The van der Waals surface area contributed by atoms with Crippen LogP contribution in [0.15, 0.2) is 18.6 Å². The van der Waals surface area contributed by atoms with Gasteiger partial charge in [0.2, 0.25) is 0 Å². The summed E-state index contributed by atoms with van der Waals surface area (Å²) < 4.78 is 0. The molecule has 1 aromatic heterocycles. The van der Waals surface area contributed by atoms with E-state index in [0.717, 1.165) is 5.69 Å². The van der Waals surface area contributed by atoms with Gasteiger partial charge in [0, 0.05) is 12.7 Å². The van der Waals surface area contributed by atoms with Gasteiger partial charge < -0.3 is 0 Å². The average Bonchev–Trinajstić information content (AvgIpc) is 2.07. The van der Waals surface area contributed by atoms with Crippen LogP contribution in [0.5, 0.6) is 0 Å². The fraction of sp³-hybridized carbons (Fsp3) is 0.286. The second-order valence-corrected chi connectivity index (χ2v) is 1.96. The minimum Gasteiger partial charge on any atom is -0.299 e. The molecule has 1 rings (SSSR count). The first kappa shape index (κ1) is 7.63. The fourth-order valence-corrected chi connectivity index (χ4v) is 0.669. The minimum absolute atomic E-state index is 0.351. The van der Waals surface area contributed by atoms with E-state index >= 15 is 0 Å². The van der Waals surface area contributed by atoms with Crippen LogP contribution in [0.25, 0.3) is 0 Å². The topological polar surface area (TPSA) is 61.6 Å². The van der Waals surface area contributed by atoms with Crippen molar-refractivity contribution in [2.24, 2.45) is 0 Å². The molecule has 0 aliphatic heterocycles. The van der Waals surface area contributed by atoms with E-state index in [1.807, 2.05) is 12.1 Å².